The van der Waals surface area contributed by atoms with E-state index in [4.69, 9.17) is 4.74 Å². The van der Waals surface area contributed by atoms with Gasteiger partial charge in [-0.05, 0) is 81.6 Å². The smallest absolute Gasteiger partial charge is 0.414 e. The Labute approximate surface area is 224 Å². The lowest BCUT2D eigenvalue weighted by molar-refractivity contribution is 0.0952. The van der Waals surface area contributed by atoms with Gasteiger partial charge in [-0.2, -0.15) is 0 Å². The molecule has 1 atom stereocenters. The van der Waals surface area contributed by atoms with E-state index in [-0.39, 0.29) is 24.5 Å². The highest BCUT2D eigenvalue weighted by Crippen LogP contribution is 2.40. The number of rotatable bonds is 6. The minimum absolute atomic E-state index is 0.236. The van der Waals surface area contributed by atoms with E-state index in [9.17, 15) is 14.4 Å². The van der Waals surface area contributed by atoms with Gasteiger partial charge in [0.2, 0.25) is 0 Å². The Morgan fingerprint density at radius 3 is 2.08 bits per heavy atom. The SMILES string of the molecule is CCOC(=O)N1c2cc(C)c(C)cc2N(C(=O)c2ccccc2C(=O)N(CC)c2ccccc2)CC1CC. The van der Waals surface area contributed by atoms with Crippen LogP contribution in [0.3, 0.4) is 0 Å². The Bertz CT molecular complexity index is 1340. The number of aryl methyl sites for hydroxylation is 2. The zero-order valence-electron chi connectivity index (χ0n) is 22.7. The number of carbonyl (C=O) groups is 3. The standard InChI is InChI=1S/C31H35N3O4/c1-6-23-20-33(27-18-21(4)22(5)19-28(27)34(23)31(37)38-8-3)30(36)26-17-13-12-16-25(26)29(35)32(7-2)24-14-10-9-11-15-24/h9-19,23H,6-8,20H2,1-5H3. The van der Waals surface area contributed by atoms with Gasteiger partial charge in [-0.1, -0.05) is 37.3 Å². The lowest BCUT2D eigenvalue weighted by Crippen LogP contribution is -2.53. The molecule has 1 unspecified atom stereocenters. The molecule has 1 aliphatic rings. The normalized spacial score (nSPS) is 14.6. The van der Waals surface area contributed by atoms with Crippen molar-refractivity contribution in [1.82, 2.24) is 0 Å². The van der Waals surface area contributed by atoms with E-state index in [0.29, 0.717) is 42.0 Å². The molecule has 0 saturated carbocycles. The summed E-state index contributed by atoms with van der Waals surface area (Å²) in [4.78, 5) is 46.0. The highest BCUT2D eigenvalue weighted by molar-refractivity contribution is 6.18. The molecule has 3 aromatic carbocycles. The number of hydrogen-bond donors (Lipinski definition) is 0. The average Bonchev–Trinajstić information content (AvgIpc) is 2.93. The van der Waals surface area contributed by atoms with E-state index in [2.05, 4.69) is 0 Å². The molecule has 0 bridgehead atoms. The van der Waals surface area contributed by atoms with Crippen molar-refractivity contribution in [3.8, 4) is 0 Å². The molecule has 0 radical (unpaired) electrons. The van der Waals surface area contributed by atoms with Crippen molar-refractivity contribution < 1.29 is 19.1 Å². The van der Waals surface area contributed by atoms with Crippen molar-refractivity contribution in [3.05, 3.63) is 89.0 Å². The van der Waals surface area contributed by atoms with Gasteiger partial charge in [0.15, 0.2) is 0 Å². The summed E-state index contributed by atoms with van der Waals surface area (Å²) < 4.78 is 5.39. The highest BCUT2D eigenvalue weighted by Gasteiger charge is 2.38. The molecule has 1 aliphatic heterocycles. The Morgan fingerprint density at radius 1 is 0.868 bits per heavy atom. The lowest BCUT2D eigenvalue weighted by Gasteiger charge is -2.42. The number of benzene rings is 3. The van der Waals surface area contributed by atoms with E-state index < -0.39 is 6.09 Å². The number of ether oxygens (including phenoxy) is 1. The van der Waals surface area contributed by atoms with Crippen LogP contribution in [-0.4, -0.2) is 43.6 Å². The number of carbonyl (C=O) groups excluding carboxylic acids is 3. The van der Waals surface area contributed by atoms with Gasteiger partial charge < -0.3 is 14.5 Å². The summed E-state index contributed by atoms with van der Waals surface area (Å²) in [7, 11) is 0. The third kappa shape index (κ3) is 5.01. The number of nitrogens with zero attached hydrogens (tertiary/aromatic N) is 3. The van der Waals surface area contributed by atoms with Crippen LogP contribution in [0.25, 0.3) is 0 Å². The fourth-order valence-corrected chi connectivity index (χ4v) is 4.92. The maximum absolute atomic E-state index is 14.2. The Balaban J connectivity index is 1.79. The molecule has 0 N–H and O–H groups in total. The maximum Gasteiger partial charge on any atom is 0.414 e. The first-order valence-electron chi connectivity index (χ1n) is 13.2. The number of amides is 3. The van der Waals surface area contributed by atoms with Gasteiger partial charge in [0.1, 0.15) is 0 Å². The molecule has 0 aliphatic carbocycles. The molecule has 4 rings (SSSR count). The molecule has 3 amide bonds. The second kappa shape index (κ2) is 11.5. The van der Waals surface area contributed by atoms with Crippen molar-refractivity contribution in [1.29, 1.82) is 0 Å². The maximum atomic E-state index is 14.2. The van der Waals surface area contributed by atoms with Crippen LogP contribution >= 0.6 is 0 Å². The lowest BCUT2D eigenvalue weighted by atomic mass is 9.98. The van der Waals surface area contributed by atoms with Crippen LogP contribution in [0.1, 0.15) is 59.0 Å². The average molecular weight is 514 g/mol. The zero-order chi connectivity index (χ0) is 27.4. The first-order valence-corrected chi connectivity index (χ1v) is 13.2. The Morgan fingerprint density at radius 2 is 1.47 bits per heavy atom. The van der Waals surface area contributed by atoms with Gasteiger partial charge in [0.25, 0.3) is 11.8 Å². The molecule has 1 heterocycles. The molecule has 3 aromatic rings. The summed E-state index contributed by atoms with van der Waals surface area (Å²) in [5, 5.41) is 0. The fraction of sp³-hybridized carbons (Fsp3) is 0.323. The van der Waals surface area contributed by atoms with Crippen molar-refractivity contribution >= 4 is 35.0 Å². The summed E-state index contributed by atoms with van der Waals surface area (Å²) in [6.45, 7) is 10.7. The molecular formula is C31H35N3O4. The Hall–Kier alpha value is -4.13. The van der Waals surface area contributed by atoms with Gasteiger partial charge >= 0.3 is 6.09 Å². The largest absolute Gasteiger partial charge is 0.449 e. The van der Waals surface area contributed by atoms with Crippen LogP contribution in [0.15, 0.2) is 66.7 Å². The summed E-state index contributed by atoms with van der Waals surface area (Å²) in [6, 6.07) is 20.0. The molecule has 7 heteroatoms. The highest BCUT2D eigenvalue weighted by atomic mass is 16.6. The third-order valence-corrected chi connectivity index (χ3v) is 7.10. The summed E-state index contributed by atoms with van der Waals surface area (Å²) >= 11 is 0. The van der Waals surface area contributed by atoms with Gasteiger partial charge in [0, 0.05) is 18.8 Å². The number of para-hydroxylation sites is 1. The molecule has 198 valence electrons. The second-order valence-electron chi connectivity index (χ2n) is 9.40. The minimum atomic E-state index is -0.423. The summed E-state index contributed by atoms with van der Waals surface area (Å²) in [5.74, 6) is -0.510. The molecule has 0 spiro atoms. The number of fused-ring (bicyclic) bond motifs is 1. The molecule has 38 heavy (non-hydrogen) atoms. The quantitative estimate of drug-likeness (QED) is 0.384. The monoisotopic (exact) mass is 513 g/mol. The van der Waals surface area contributed by atoms with Crippen LogP contribution in [0.4, 0.5) is 21.9 Å². The predicted molar refractivity (Wildman–Crippen MR) is 151 cm³/mol. The molecule has 0 aromatic heterocycles. The third-order valence-electron chi connectivity index (χ3n) is 7.10. The van der Waals surface area contributed by atoms with E-state index >= 15 is 0 Å². The Kier molecular flexibility index (Phi) is 8.15. The van der Waals surface area contributed by atoms with Crippen LogP contribution in [-0.2, 0) is 4.74 Å². The van der Waals surface area contributed by atoms with E-state index in [1.54, 1.807) is 45.9 Å². The van der Waals surface area contributed by atoms with Crippen LogP contribution in [0.2, 0.25) is 0 Å². The number of hydrogen-bond acceptors (Lipinski definition) is 4. The molecule has 0 saturated heterocycles. The van der Waals surface area contributed by atoms with Crippen LogP contribution in [0, 0.1) is 13.8 Å². The van der Waals surface area contributed by atoms with Crippen molar-refractivity contribution in [2.24, 2.45) is 0 Å². The van der Waals surface area contributed by atoms with Crippen molar-refractivity contribution in [2.75, 3.05) is 34.4 Å². The van der Waals surface area contributed by atoms with Gasteiger partial charge in [-0.25, -0.2) is 4.79 Å². The summed E-state index contributed by atoms with van der Waals surface area (Å²) in [6.07, 6.45) is 0.209. The molecular weight excluding hydrogens is 478 g/mol. The first-order chi connectivity index (χ1) is 18.3. The first kappa shape index (κ1) is 26.9. The van der Waals surface area contributed by atoms with Gasteiger partial charge in [-0.3, -0.25) is 14.5 Å². The van der Waals surface area contributed by atoms with Gasteiger partial charge in [0.05, 0.1) is 35.2 Å². The molecule has 0 fully saturated rings. The summed E-state index contributed by atoms with van der Waals surface area (Å²) in [5.41, 5.74) is 4.73. The van der Waals surface area contributed by atoms with Crippen LogP contribution < -0.4 is 14.7 Å². The zero-order valence-corrected chi connectivity index (χ0v) is 22.7. The molecule has 7 nitrogen and oxygen atoms in total. The predicted octanol–water partition coefficient (Wildman–Crippen LogP) is 6.37. The number of anilines is 3. The van der Waals surface area contributed by atoms with E-state index in [1.807, 2.05) is 70.2 Å². The second-order valence-corrected chi connectivity index (χ2v) is 9.40. The van der Waals surface area contributed by atoms with Crippen LogP contribution in [0.5, 0.6) is 0 Å². The van der Waals surface area contributed by atoms with E-state index in [0.717, 1.165) is 16.8 Å². The van der Waals surface area contributed by atoms with Crippen molar-refractivity contribution in [3.63, 3.8) is 0 Å². The van der Waals surface area contributed by atoms with Gasteiger partial charge in [-0.15, -0.1) is 0 Å². The van der Waals surface area contributed by atoms with E-state index in [1.165, 1.54) is 0 Å². The van der Waals surface area contributed by atoms with Crippen molar-refractivity contribution in [2.45, 2.75) is 47.1 Å². The topological polar surface area (TPSA) is 70.2 Å². The fourth-order valence-electron chi connectivity index (χ4n) is 4.92. The minimum Gasteiger partial charge on any atom is -0.449 e.